The lowest BCUT2D eigenvalue weighted by Gasteiger charge is -2.28. The Balaban J connectivity index is 1.70. The van der Waals surface area contributed by atoms with E-state index >= 15 is 0 Å². The van der Waals surface area contributed by atoms with Crippen molar-refractivity contribution >= 4 is 0 Å². The van der Waals surface area contributed by atoms with Crippen LogP contribution in [0.1, 0.15) is 12.1 Å². The average molecular weight is 277 g/mol. The van der Waals surface area contributed by atoms with Crippen LogP contribution in [0.3, 0.4) is 0 Å². The van der Waals surface area contributed by atoms with E-state index in [1.165, 1.54) is 5.69 Å². The van der Waals surface area contributed by atoms with Crippen LogP contribution in [-0.2, 0) is 22.6 Å². The summed E-state index contributed by atoms with van der Waals surface area (Å²) < 4.78 is 13.3. The normalized spacial score (nSPS) is 27.2. The third-order valence-electron chi connectivity index (χ3n) is 4.10. The van der Waals surface area contributed by atoms with Crippen molar-refractivity contribution in [2.75, 3.05) is 33.0 Å². The molecule has 1 fully saturated rings. The van der Waals surface area contributed by atoms with Gasteiger partial charge in [0.05, 0.1) is 25.5 Å². The van der Waals surface area contributed by atoms with E-state index in [1.54, 1.807) is 6.08 Å². The van der Waals surface area contributed by atoms with Crippen molar-refractivity contribution in [1.82, 2.24) is 14.7 Å². The van der Waals surface area contributed by atoms with Gasteiger partial charge in [-0.1, -0.05) is 6.08 Å². The van der Waals surface area contributed by atoms with Crippen LogP contribution < -0.4 is 0 Å². The van der Waals surface area contributed by atoms with E-state index in [1.807, 2.05) is 6.20 Å². The third-order valence-corrected chi connectivity index (χ3v) is 4.10. The first-order valence-corrected chi connectivity index (χ1v) is 7.38. The molecule has 0 N–H and O–H groups in total. The van der Waals surface area contributed by atoms with Crippen molar-refractivity contribution in [1.29, 1.82) is 0 Å². The average Bonchev–Trinajstić information content (AvgIpc) is 3.08. The molecule has 3 heterocycles. The van der Waals surface area contributed by atoms with E-state index in [4.69, 9.17) is 9.47 Å². The summed E-state index contributed by atoms with van der Waals surface area (Å²) in [5, 5.41) is 4.44. The van der Waals surface area contributed by atoms with Gasteiger partial charge in [-0.15, -0.1) is 6.58 Å². The molecule has 1 aromatic rings. The molecule has 0 unspecified atom stereocenters. The quantitative estimate of drug-likeness (QED) is 0.601. The van der Waals surface area contributed by atoms with Crippen molar-refractivity contribution in [3.8, 4) is 0 Å². The zero-order valence-electron chi connectivity index (χ0n) is 11.9. The number of nitrogens with zero attached hydrogens (tertiary/aromatic N) is 3. The maximum atomic E-state index is 5.66. The van der Waals surface area contributed by atoms with Gasteiger partial charge in [-0.05, 0) is 12.5 Å². The summed E-state index contributed by atoms with van der Waals surface area (Å²) in [6.07, 6.45) is 4.83. The number of ether oxygens (including phenoxy) is 2. The highest BCUT2D eigenvalue weighted by Crippen LogP contribution is 2.22. The Hall–Kier alpha value is -1.17. The fraction of sp³-hybridized carbons (Fsp3) is 0.667. The van der Waals surface area contributed by atoms with Gasteiger partial charge in [-0.25, -0.2) is 0 Å². The molecule has 0 aliphatic carbocycles. The van der Waals surface area contributed by atoms with Crippen molar-refractivity contribution in [2.45, 2.75) is 25.6 Å². The van der Waals surface area contributed by atoms with Crippen LogP contribution in [0.15, 0.2) is 24.9 Å². The molecule has 3 rings (SSSR count). The zero-order chi connectivity index (χ0) is 13.8. The standard InChI is InChI=1S/C15H23N3O2/c1-2-6-19-11-13-8-17(15-4-7-20-12-15)10-14-3-5-16-18(14)9-13/h2-3,5,13,15H,1,4,6-12H2/t13-,15-/m0/s1. The fourth-order valence-corrected chi connectivity index (χ4v) is 3.08. The lowest BCUT2D eigenvalue weighted by Crippen LogP contribution is -2.38. The molecule has 2 aliphatic rings. The van der Waals surface area contributed by atoms with Gasteiger partial charge in [0.25, 0.3) is 0 Å². The second-order valence-electron chi connectivity index (χ2n) is 5.64. The molecular formula is C15H23N3O2. The predicted octanol–water partition coefficient (Wildman–Crippen LogP) is 1.31. The van der Waals surface area contributed by atoms with E-state index in [0.29, 0.717) is 18.6 Å². The molecule has 0 bridgehead atoms. The van der Waals surface area contributed by atoms with E-state index in [2.05, 4.69) is 27.3 Å². The monoisotopic (exact) mass is 277 g/mol. The van der Waals surface area contributed by atoms with Crippen LogP contribution in [0.25, 0.3) is 0 Å². The van der Waals surface area contributed by atoms with Crippen LogP contribution >= 0.6 is 0 Å². The topological polar surface area (TPSA) is 39.5 Å². The molecule has 0 amide bonds. The fourth-order valence-electron chi connectivity index (χ4n) is 3.08. The molecular weight excluding hydrogens is 254 g/mol. The van der Waals surface area contributed by atoms with Gasteiger partial charge in [0.2, 0.25) is 0 Å². The summed E-state index contributed by atoms with van der Waals surface area (Å²) in [5.41, 5.74) is 1.29. The van der Waals surface area contributed by atoms with Crippen LogP contribution in [0.4, 0.5) is 0 Å². The minimum Gasteiger partial charge on any atom is -0.380 e. The van der Waals surface area contributed by atoms with Crippen LogP contribution in [-0.4, -0.2) is 53.7 Å². The number of hydrogen-bond donors (Lipinski definition) is 0. The second-order valence-corrected chi connectivity index (χ2v) is 5.64. The molecule has 2 atom stereocenters. The highest BCUT2D eigenvalue weighted by atomic mass is 16.5. The zero-order valence-corrected chi connectivity index (χ0v) is 11.9. The van der Waals surface area contributed by atoms with Crippen molar-refractivity contribution < 1.29 is 9.47 Å². The minimum absolute atomic E-state index is 0.469. The van der Waals surface area contributed by atoms with Crippen LogP contribution in [0.5, 0.6) is 0 Å². The third kappa shape index (κ3) is 3.11. The molecule has 0 saturated carbocycles. The number of rotatable bonds is 5. The highest BCUT2D eigenvalue weighted by molar-refractivity contribution is 5.03. The van der Waals surface area contributed by atoms with Crippen molar-refractivity contribution in [3.63, 3.8) is 0 Å². The SMILES string of the molecule is C=CCOC[C@H]1CN([C@H]2CCOC2)Cc2ccnn2C1. The molecule has 110 valence electrons. The smallest absolute Gasteiger partial charge is 0.0645 e. The molecule has 0 aromatic carbocycles. The van der Waals surface area contributed by atoms with Gasteiger partial charge in [-0.3, -0.25) is 9.58 Å². The Morgan fingerprint density at radius 2 is 2.45 bits per heavy atom. The Morgan fingerprint density at radius 1 is 1.50 bits per heavy atom. The van der Waals surface area contributed by atoms with Gasteiger partial charge in [-0.2, -0.15) is 5.10 Å². The summed E-state index contributed by atoms with van der Waals surface area (Å²) >= 11 is 0. The van der Waals surface area contributed by atoms with E-state index in [-0.39, 0.29) is 0 Å². The molecule has 20 heavy (non-hydrogen) atoms. The lowest BCUT2D eigenvalue weighted by atomic mass is 10.1. The maximum absolute atomic E-state index is 5.66. The predicted molar refractivity (Wildman–Crippen MR) is 76.4 cm³/mol. The van der Waals surface area contributed by atoms with E-state index in [9.17, 15) is 0 Å². The van der Waals surface area contributed by atoms with Crippen LogP contribution in [0.2, 0.25) is 0 Å². The highest BCUT2D eigenvalue weighted by Gasteiger charge is 2.29. The Morgan fingerprint density at radius 3 is 3.25 bits per heavy atom. The first kappa shape index (κ1) is 13.8. The minimum atomic E-state index is 0.469. The van der Waals surface area contributed by atoms with Crippen molar-refractivity contribution in [2.24, 2.45) is 5.92 Å². The number of aromatic nitrogens is 2. The Kier molecular flexibility index (Phi) is 4.50. The lowest BCUT2D eigenvalue weighted by molar-refractivity contribution is 0.0768. The van der Waals surface area contributed by atoms with Gasteiger partial charge in [0.15, 0.2) is 0 Å². The number of hydrogen-bond acceptors (Lipinski definition) is 4. The molecule has 1 aromatic heterocycles. The van der Waals surface area contributed by atoms with Gasteiger partial charge in [0, 0.05) is 44.4 Å². The summed E-state index contributed by atoms with van der Waals surface area (Å²) in [7, 11) is 0. The molecule has 2 aliphatic heterocycles. The van der Waals surface area contributed by atoms with Crippen molar-refractivity contribution in [3.05, 3.63) is 30.6 Å². The first-order valence-electron chi connectivity index (χ1n) is 7.38. The van der Waals surface area contributed by atoms with Gasteiger partial charge >= 0.3 is 0 Å². The van der Waals surface area contributed by atoms with E-state index in [0.717, 1.165) is 45.9 Å². The van der Waals surface area contributed by atoms with Gasteiger partial charge < -0.3 is 9.47 Å². The summed E-state index contributed by atoms with van der Waals surface area (Å²) in [4.78, 5) is 2.54. The molecule has 1 saturated heterocycles. The largest absolute Gasteiger partial charge is 0.380 e. The molecule has 0 spiro atoms. The van der Waals surface area contributed by atoms with Gasteiger partial charge in [0.1, 0.15) is 0 Å². The number of fused-ring (bicyclic) bond motifs is 1. The summed E-state index contributed by atoms with van der Waals surface area (Å²) in [6.45, 7) is 9.77. The molecule has 5 nitrogen and oxygen atoms in total. The Labute approximate surface area is 120 Å². The Bertz CT molecular complexity index is 440. The summed E-state index contributed by atoms with van der Waals surface area (Å²) in [6, 6.07) is 2.66. The first-order chi connectivity index (χ1) is 9.86. The van der Waals surface area contributed by atoms with Crippen LogP contribution in [0, 0.1) is 5.92 Å². The van der Waals surface area contributed by atoms with E-state index < -0.39 is 0 Å². The molecule has 5 heteroatoms. The maximum Gasteiger partial charge on any atom is 0.0645 e. The molecule has 0 radical (unpaired) electrons. The summed E-state index contributed by atoms with van der Waals surface area (Å²) in [5.74, 6) is 0.469. The second kappa shape index (κ2) is 6.52.